The smallest absolute Gasteiger partial charge is 0.252 e. The van der Waals surface area contributed by atoms with E-state index in [-0.39, 0.29) is 0 Å². The third kappa shape index (κ3) is 7.67. The minimum atomic E-state index is -2.06. The Hall–Kier alpha value is -3.71. The molecule has 57 heavy (non-hydrogen) atoms. The Morgan fingerprint density at radius 2 is 0.737 bits per heavy atom. The van der Waals surface area contributed by atoms with Crippen LogP contribution in [0.2, 0.25) is 33.2 Å². The van der Waals surface area contributed by atoms with E-state index in [1.807, 2.05) is 0 Å². The lowest BCUT2D eigenvalue weighted by Gasteiger charge is -2.38. The second-order valence-electron chi connectivity index (χ2n) is 20.1. The molecule has 0 amide bonds. The lowest BCUT2D eigenvalue weighted by molar-refractivity contribution is -0.108. The Balaban J connectivity index is 1.78. The van der Waals surface area contributed by atoms with Crippen LogP contribution in [0.1, 0.15) is 135 Å². The van der Waals surface area contributed by atoms with Crippen molar-refractivity contribution in [2.75, 3.05) is 0 Å². The molecule has 5 aromatic rings. The van der Waals surface area contributed by atoms with Crippen LogP contribution in [0.15, 0.2) is 60.7 Å². The van der Waals surface area contributed by atoms with Gasteiger partial charge in [0.15, 0.2) is 11.5 Å². The molecule has 6 rings (SSSR count). The predicted molar refractivity (Wildman–Crippen MR) is 255 cm³/mol. The molecule has 0 aliphatic carbocycles. The van der Waals surface area contributed by atoms with Crippen molar-refractivity contribution in [3.8, 4) is 34.4 Å². The first kappa shape index (κ1) is 42.9. The van der Waals surface area contributed by atoms with E-state index in [4.69, 9.17) is 9.47 Å². The number of fused-ring (bicyclic) bond motifs is 5. The molecule has 302 valence electrons. The van der Waals surface area contributed by atoms with E-state index in [1.165, 1.54) is 32.3 Å². The zero-order valence-electron chi connectivity index (χ0n) is 38.1. The summed E-state index contributed by atoms with van der Waals surface area (Å²) in [6.07, 6.45) is 1.69. The lowest BCUT2D eigenvalue weighted by atomic mass is 9.89. The molecule has 0 bridgehead atoms. The molecular weight excluding hydrogens is 725 g/mol. The summed E-state index contributed by atoms with van der Waals surface area (Å²) < 4.78 is 13.7. The van der Waals surface area contributed by atoms with Gasteiger partial charge in [-0.25, -0.2) is 0 Å². The van der Waals surface area contributed by atoms with E-state index in [9.17, 15) is 0 Å². The number of rotatable bonds is 10. The molecule has 0 saturated heterocycles. The van der Waals surface area contributed by atoms with Crippen LogP contribution in [0, 0.1) is 34.8 Å². The van der Waals surface area contributed by atoms with E-state index in [2.05, 4.69) is 194 Å². The van der Waals surface area contributed by atoms with E-state index in [0.29, 0.717) is 45.1 Å². The average molecular weight is 795 g/mol. The summed E-state index contributed by atoms with van der Waals surface area (Å²) in [6, 6.07) is 22.8. The Kier molecular flexibility index (Phi) is 12.2. The molecule has 0 aromatic heterocycles. The predicted octanol–water partition coefficient (Wildman–Crippen LogP) is 16.0. The Bertz CT molecular complexity index is 2210. The Labute approximate surface area is 347 Å². The molecule has 1 heterocycles. The normalized spacial score (nSPS) is 14.5. The standard InChI is InChI=1S/C53H70O2Si2/c1-33(2)31-53(32-34(3)4)54-51-29-43-27-49-45(21-23-56(35(5)6,36(7)8)37(9)10)47-25-41-19-17-18-20-42(41)26-48(47)46(50(49)28-44(43)30-52(51)55-53)22-24-57(38(11)12,39(13)14)40(15)16/h17-20,25-30,33-40H,31-32H2,1-16H3. The first-order valence-electron chi connectivity index (χ1n) is 22.1. The summed E-state index contributed by atoms with van der Waals surface area (Å²) in [6.45, 7) is 37.9. The van der Waals surface area contributed by atoms with Gasteiger partial charge in [-0.05, 0) is 125 Å². The number of hydrogen-bond acceptors (Lipinski definition) is 2. The maximum absolute atomic E-state index is 6.86. The highest BCUT2D eigenvalue weighted by molar-refractivity contribution is 6.91. The van der Waals surface area contributed by atoms with Crippen LogP contribution in [0.25, 0.3) is 43.1 Å². The summed E-state index contributed by atoms with van der Waals surface area (Å²) in [4.78, 5) is 0. The molecule has 0 fully saturated rings. The van der Waals surface area contributed by atoms with Crippen molar-refractivity contribution in [3.63, 3.8) is 0 Å². The summed E-state index contributed by atoms with van der Waals surface area (Å²) >= 11 is 0. The summed E-state index contributed by atoms with van der Waals surface area (Å²) in [5, 5.41) is 9.53. The lowest BCUT2D eigenvalue weighted by Crippen LogP contribution is -2.43. The van der Waals surface area contributed by atoms with Crippen LogP contribution >= 0.6 is 0 Å². The molecule has 5 aromatic carbocycles. The summed E-state index contributed by atoms with van der Waals surface area (Å²) in [5.74, 6) is 9.96. The van der Waals surface area contributed by atoms with Gasteiger partial charge in [-0.2, -0.15) is 0 Å². The van der Waals surface area contributed by atoms with Gasteiger partial charge >= 0.3 is 0 Å². The van der Waals surface area contributed by atoms with Crippen molar-refractivity contribution < 1.29 is 9.47 Å². The average Bonchev–Trinajstić information content (AvgIpc) is 3.43. The van der Waals surface area contributed by atoms with Gasteiger partial charge in [-0.1, -0.05) is 147 Å². The topological polar surface area (TPSA) is 18.5 Å². The second kappa shape index (κ2) is 16.2. The maximum atomic E-state index is 6.86. The van der Waals surface area contributed by atoms with Gasteiger partial charge in [-0.15, -0.1) is 11.1 Å². The summed E-state index contributed by atoms with van der Waals surface area (Å²) in [7, 11) is -4.12. The molecule has 0 N–H and O–H groups in total. The number of benzene rings is 5. The zero-order valence-corrected chi connectivity index (χ0v) is 40.1. The minimum absolute atomic E-state index is 0.441. The fourth-order valence-electron chi connectivity index (χ4n) is 11.2. The van der Waals surface area contributed by atoms with E-state index in [0.717, 1.165) is 46.2 Å². The van der Waals surface area contributed by atoms with E-state index < -0.39 is 21.9 Å². The second-order valence-corrected chi connectivity index (χ2v) is 31.3. The van der Waals surface area contributed by atoms with Crippen LogP contribution in [0.4, 0.5) is 0 Å². The third-order valence-electron chi connectivity index (χ3n) is 13.6. The van der Waals surface area contributed by atoms with Crippen LogP contribution in [0.5, 0.6) is 11.5 Å². The van der Waals surface area contributed by atoms with Gasteiger partial charge in [0.2, 0.25) is 0 Å². The number of hydrogen-bond donors (Lipinski definition) is 0. The van der Waals surface area contributed by atoms with Crippen molar-refractivity contribution >= 4 is 59.2 Å². The molecule has 0 saturated carbocycles. The van der Waals surface area contributed by atoms with Gasteiger partial charge < -0.3 is 9.47 Å². The Morgan fingerprint density at radius 1 is 0.439 bits per heavy atom. The monoisotopic (exact) mass is 794 g/mol. The quantitative estimate of drug-likeness (QED) is 0.0796. The highest BCUT2D eigenvalue weighted by atomic mass is 28.3. The van der Waals surface area contributed by atoms with Crippen molar-refractivity contribution in [1.29, 1.82) is 0 Å². The van der Waals surface area contributed by atoms with Crippen molar-refractivity contribution in [1.82, 2.24) is 0 Å². The van der Waals surface area contributed by atoms with E-state index >= 15 is 0 Å². The molecule has 4 heteroatoms. The molecule has 2 nitrogen and oxygen atoms in total. The molecule has 0 unspecified atom stereocenters. The fraction of sp³-hybridized carbons (Fsp3) is 0.509. The third-order valence-corrected chi connectivity index (χ3v) is 26.2. The maximum Gasteiger partial charge on any atom is 0.252 e. The molecule has 0 atom stereocenters. The van der Waals surface area contributed by atoms with Gasteiger partial charge in [0.25, 0.3) is 5.79 Å². The molecule has 0 spiro atoms. The van der Waals surface area contributed by atoms with Gasteiger partial charge in [0, 0.05) is 24.0 Å². The minimum Gasteiger partial charge on any atom is -0.448 e. The van der Waals surface area contributed by atoms with Gasteiger partial charge in [0.1, 0.15) is 16.1 Å². The number of ether oxygens (including phenoxy) is 2. The highest BCUT2D eigenvalue weighted by Gasteiger charge is 2.44. The van der Waals surface area contributed by atoms with Crippen LogP contribution in [-0.4, -0.2) is 21.9 Å². The molecular formula is C53H70O2Si2. The SMILES string of the molecule is CC(C)CC1(CC(C)C)Oc2cc3cc4c(C#C[Si](C(C)C)(C(C)C)C(C)C)c5cc6ccccc6cc5c(C#C[Si](C(C)C)(C(C)C)C(C)C)c4cc3cc2O1. The largest absolute Gasteiger partial charge is 0.448 e. The summed E-state index contributed by atoms with van der Waals surface area (Å²) in [5.41, 5.74) is 13.8. The Morgan fingerprint density at radius 3 is 1.02 bits per heavy atom. The zero-order chi connectivity index (χ0) is 41.8. The van der Waals surface area contributed by atoms with Crippen molar-refractivity contribution in [2.45, 2.75) is 163 Å². The first-order valence-corrected chi connectivity index (χ1v) is 26.6. The molecule has 0 radical (unpaired) electrons. The highest BCUT2D eigenvalue weighted by Crippen LogP contribution is 2.48. The van der Waals surface area contributed by atoms with Crippen LogP contribution in [0.3, 0.4) is 0 Å². The van der Waals surface area contributed by atoms with Crippen molar-refractivity contribution in [2.24, 2.45) is 11.8 Å². The molecule has 1 aliphatic rings. The van der Waals surface area contributed by atoms with Crippen molar-refractivity contribution in [3.05, 3.63) is 71.8 Å². The van der Waals surface area contributed by atoms with Gasteiger partial charge in [-0.3, -0.25) is 0 Å². The van der Waals surface area contributed by atoms with Gasteiger partial charge in [0.05, 0.1) is 0 Å². The van der Waals surface area contributed by atoms with Crippen LogP contribution < -0.4 is 9.47 Å². The van der Waals surface area contributed by atoms with Crippen LogP contribution in [-0.2, 0) is 0 Å². The molecule has 1 aliphatic heterocycles. The first-order chi connectivity index (χ1) is 26.8. The van der Waals surface area contributed by atoms with E-state index in [1.54, 1.807) is 0 Å². The fourth-order valence-corrected chi connectivity index (χ4v) is 21.6.